The highest BCUT2D eigenvalue weighted by atomic mass is 19.4. The first-order valence-corrected chi connectivity index (χ1v) is 18.0. The van der Waals surface area contributed by atoms with Gasteiger partial charge < -0.3 is 39.6 Å². The quantitative estimate of drug-likeness (QED) is 0.0801. The van der Waals surface area contributed by atoms with Crippen LogP contribution in [0.15, 0.2) is 73.1 Å². The minimum absolute atomic E-state index is 0.0239. The normalized spacial score (nSPS) is 14.4. The molecule has 5 aromatic rings. The van der Waals surface area contributed by atoms with E-state index in [2.05, 4.69) is 25.6 Å². The van der Waals surface area contributed by atoms with Crippen molar-refractivity contribution < 1.29 is 55.6 Å². The topological polar surface area (TPSA) is 149 Å². The van der Waals surface area contributed by atoms with Crippen molar-refractivity contribution in [2.45, 2.75) is 25.4 Å². The summed E-state index contributed by atoms with van der Waals surface area (Å²) in [5.41, 5.74) is 1.38. The SMILES string of the molecule is COc1cc2c(Oc3ccc(NC(=O)c4nn(-c5ccc(F)cc5)cc4OCC4CC4)cc3F)ccnc2cc1OCCCN1CCNCC1.O=C(O)C(F)(F)F. The Labute approximate surface area is 323 Å². The van der Waals surface area contributed by atoms with Gasteiger partial charge in [0.05, 0.1) is 37.7 Å². The maximum absolute atomic E-state index is 15.4. The van der Waals surface area contributed by atoms with Crippen LogP contribution in [0.2, 0.25) is 0 Å². The number of hydrogen-bond acceptors (Lipinski definition) is 10. The van der Waals surface area contributed by atoms with E-state index in [0.29, 0.717) is 53.0 Å². The zero-order chi connectivity index (χ0) is 40.5. The lowest BCUT2D eigenvalue weighted by atomic mass is 10.1. The average molecular weight is 799 g/mol. The second kappa shape index (κ2) is 18.3. The molecule has 7 rings (SSSR count). The van der Waals surface area contributed by atoms with Gasteiger partial charge in [-0.05, 0) is 73.7 Å². The summed E-state index contributed by atoms with van der Waals surface area (Å²) in [5.74, 6) is -2.29. The standard InChI is InChI=1S/C37H38F2N6O5.C2HF3O2/c1-47-33-20-28-30(21-34(33)48-18-2-15-44-16-13-40-14-17-44)41-12-11-31(28)50-32-10-7-26(19-29(32)39)42-37(46)36-35(49-23-24-3-4-24)22-45(43-36)27-8-5-25(38)6-9-27;3-2(4,5)1(6)7/h5-12,19-22,24,40H,2-4,13-18,23H2,1H3,(H,42,46);(H,6,7). The number of aromatic nitrogens is 3. The Kier molecular flexibility index (Phi) is 13.0. The summed E-state index contributed by atoms with van der Waals surface area (Å²) in [5, 5.41) is 18.2. The van der Waals surface area contributed by atoms with Crippen LogP contribution in [-0.4, -0.2) is 95.9 Å². The van der Waals surface area contributed by atoms with E-state index >= 15 is 4.39 Å². The van der Waals surface area contributed by atoms with Gasteiger partial charge in [0.25, 0.3) is 5.91 Å². The maximum atomic E-state index is 15.4. The Morgan fingerprint density at radius 1 is 0.930 bits per heavy atom. The van der Waals surface area contributed by atoms with E-state index in [1.54, 1.807) is 49.8 Å². The van der Waals surface area contributed by atoms with E-state index < -0.39 is 23.9 Å². The fraction of sp³-hybridized carbons (Fsp3) is 0.333. The molecule has 0 unspecified atom stereocenters. The van der Waals surface area contributed by atoms with Crippen LogP contribution in [0.4, 0.5) is 27.6 Å². The highest BCUT2D eigenvalue weighted by molar-refractivity contribution is 6.04. The van der Waals surface area contributed by atoms with Crippen molar-refractivity contribution in [2.75, 3.05) is 58.4 Å². The third-order valence-electron chi connectivity index (χ3n) is 8.88. The number of amides is 1. The van der Waals surface area contributed by atoms with Gasteiger partial charge in [-0.2, -0.15) is 18.3 Å². The van der Waals surface area contributed by atoms with Gasteiger partial charge in [0, 0.05) is 62.1 Å². The summed E-state index contributed by atoms with van der Waals surface area (Å²) >= 11 is 0. The van der Waals surface area contributed by atoms with Crippen LogP contribution in [-0.2, 0) is 4.79 Å². The molecule has 302 valence electrons. The lowest BCUT2D eigenvalue weighted by Gasteiger charge is -2.27. The first kappa shape index (κ1) is 40.6. The van der Waals surface area contributed by atoms with E-state index in [1.165, 1.54) is 35.0 Å². The molecule has 0 atom stereocenters. The van der Waals surface area contributed by atoms with Gasteiger partial charge in [0.2, 0.25) is 0 Å². The number of fused-ring (bicyclic) bond motifs is 1. The number of halogens is 5. The smallest absolute Gasteiger partial charge is 0.490 e. The summed E-state index contributed by atoms with van der Waals surface area (Å²) in [6.45, 7) is 6.02. The van der Waals surface area contributed by atoms with E-state index in [1.807, 2.05) is 0 Å². The molecule has 57 heavy (non-hydrogen) atoms. The summed E-state index contributed by atoms with van der Waals surface area (Å²) in [4.78, 5) is 29.1. The van der Waals surface area contributed by atoms with E-state index in [0.717, 1.165) is 52.0 Å². The Bertz CT molecular complexity index is 2170. The van der Waals surface area contributed by atoms with E-state index in [-0.39, 0.29) is 28.7 Å². The predicted molar refractivity (Wildman–Crippen MR) is 198 cm³/mol. The van der Waals surface area contributed by atoms with Gasteiger partial charge in [-0.25, -0.2) is 18.3 Å². The van der Waals surface area contributed by atoms with Crippen LogP contribution < -0.4 is 29.6 Å². The molecule has 13 nitrogen and oxygen atoms in total. The van der Waals surface area contributed by atoms with E-state index in [4.69, 9.17) is 28.8 Å². The van der Waals surface area contributed by atoms with Gasteiger partial charge in [-0.15, -0.1) is 0 Å². The highest BCUT2D eigenvalue weighted by Gasteiger charge is 2.38. The number of nitrogens with one attached hydrogen (secondary N) is 2. The van der Waals surface area contributed by atoms with Crippen molar-refractivity contribution in [1.29, 1.82) is 0 Å². The molecular formula is C39H39F5N6O7. The fourth-order valence-corrected chi connectivity index (χ4v) is 5.70. The molecule has 0 radical (unpaired) electrons. The molecule has 1 aliphatic heterocycles. The molecule has 0 spiro atoms. The molecule has 1 saturated heterocycles. The summed E-state index contributed by atoms with van der Waals surface area (Å²) in [6, 6.07) is 15.1. The van der Waals surface area contributed by atoms with Gasteiger partial charge in [0.1, 0.15) is 11.6 Å². The number of rotatable bonds is 14. The van der Waals surface area contributed by atoms with Crippen molar-refractivity contribution in [2.24, 2.45) is 5.92 Å². The molecule has 1 saturated carbocycles. The van der Waals surface area contributed by atoms with Gasteiger partial charge in [0.15, 0.2) is 34.5 Å². The van der Waals surface area contributed by atoms with Crippen molar-refractivity contribution in [3.8, 4) is 34.4 Å². The molecule has 18 heteroatoms. The van der Waals surface area contributed by atoms with Gasteiger partial charge in [-0.1, -0.05) is 0 Å². The maximum Gasteiger partial charge on any atom is 0.490 e. The molecule has 3 heterocycles. The number of methoxy groups -OCH3 is 1. The van der Waals surface area contributed by atoms with Crippen LogP contribution in [0.1, 0.15) is 29.8 Å². The number of ether oxygens (including phenoxy) is 4. The molecule has 2 aromatic heterocycles. The molecule has 0 bridgehead atoms. The molecule has 2 aliphatic rings. The lowest BCUT2D eigenvalue weighted by molar-refractivity contribution is -0.192. The number of benzene rings is 3. The number of carboxylic acids is 1. The molecular weight excluding hydrogens is 759 g/mol. The first-order chi connectivity index (χ1) is 27.4. The number of carbonyl (C=O) groups is 2. The second-order valence-corrected chi connectivity index (χ2v) is 13.1. The molecule has 1 aliphatic carbocycles. The Morgan fingerprint density at radius 3 is 2.33 bits per heavy atom. The zero-order valence-corrected chi connectivity index (χ0v) is 30.7. The fourth-order valence-electron chi connectivity index (χ4n) is 5.70. The van der Waals surface area contributed by atoms with E-state index in [9.17, 15) is 22.4 Å². The predicted octanol–water partition coefficient (Wildman–Crippen LogP) is 6.85. The van der Waals surface area contributed by atoms with Crippen LogP contribution in [0, 0.1) is 17.6 Å². The van der Waals surface area contributed by atoms with Crippen molar-refractivity contribution in [1.82, 2.24) is 25.0 Å². The third kappa shape index (κ3) is 11.1. The number of carbonyl (C=O) groups excluding carboxylic acids is 1. The molecule has 3 aromatic carbocycles. The van der Waals surface area contributed by atoms with Crippen molar-refractivity contribution in [3.63, 3.8) is 0 Å². The third-order valence-corrected chi connectivity index (χ3v) is 8.88. The Hall–Kier alpha value is -6.01. The largest absolute Gasteiger partial charge is 0.493 e. The van der Waals surface area contributed by atoms with Gasteiger partial charge in [-0.3, -0.25) is 9.78 Å². The Morgan fingerprint density at radius 2 is 1.67 bits per heavy atom. The van der Waals surface area contributed by atoms with Crippen LogP contribution in [0.3, 0.4) is 0 Å². The van der Waals surface area contributed by atoms with Crippen molar-refractivity contribution >= 4 is 28.5 Å². The minimum Gasteiger partial charge on any atom is -0.493 e. The number of nitrogens with zero attached hydrogens (tertiary/aromatic N) is 4. The van der Waals surface area contributed by atoms with Crippen LogP contribution >= 0.6 is 0 Å². The molecule has 1 amide bonds. The highest BCUT2D eigenvalue weighted by Crippen LogP contribution is 2.38. The Balaban J connectivity index is 0.000000719. The average Bonchev–Trinajstić information content (AvgIpc) is 3.93. The summed E-state index contributed by atoms with van der Waals surface area (Å²) < 4.78 is 85.7. The zero-order valence-electron chi connectivity index (χ0n) is 30.7. The first-order valence-electron chi connectivity index (χ1n) is 18.0. The van der Waals surface area contributed by atoms with Crippen molar-refractivity contribution in [3.05, 3.63) is 90.4 Å². The monoisotopic (exact) mass is 798 g/mol. The molecule has 3 N–H and O–H groups in total. The number of alkyl halides is 3. The number of pyridine rings is 1. The molecule has 2 fully saturated rings. The minimum atomic E-state index is -5.08. The number of hydrogen-bond donors (Lipinski definition) is 3. The number of aliphatic carboxylic acids is 1. The number of anilines is 1. The number of piperazine rings is 1. The van der Waals surface area contributed by atoms with Gasteiger partial charge >= 0.3 is 12.1 Å². The van der Waals surface area contributed by atoms with Crippen LogP contribution in [0.25, 0.3) is 16.6 Å². The summed E-state index contributed by atoms with van der Waals surface area (Å²) in [6.07, 6.45) is 1.09. The second-order valence-electron chi connectivity index (χ2n) is 13.1. The lowest BCUT2D eigenvalue weighted by Crippen LogP contribution is -2.43. The number of carboxylic acid groups (broad SMARTS) is 1. The van der Waals surface area contributed by atoms with Crippen LogP contribution in [0.5, 0.6) is 28.7 Å². The summed E-state index contributed by atoms with van der Waals surface area (Å²) in [7, 11) is 1.56.